The van der Waals surface area contributed by atoms with Gasteiger partial charge in [-0.1, -0.05) is 36.9 Å². The summed E-state index contributed by atoms with van der Waals surface area (Å²) < 4.78 is 29.0. The number of thiazole rings is 1. The molecule has 33 heavy (non-hydrogen) atoms. The Morgan fingerprint density at radius 3 is 2.73 bits per heavy atom. The van der Waals surface area contributed by atoms with Gasteiger partial charge in [0.05, 0.1) is 11.4 Å². The van der Waals surface area contributed by atoms with Crippen LogP contribution in [0.15, 0.2) is 28.2 Å². The van der Waals surface area contributed by atoms with Gasteiger partial charge in [-0.3, -0.25) is 14.2 Å². The average Bonchev–Trinajstić information content (AvgIpc) is 3.21. The molecule has 7 nitrogen and oxygen atoms in total. The molecule has 1 fully saturated rings. The van der Waals surface area contributed by atoms with Gasteiger partial charge < -0.3 is 10.2 Å². The maximum absolute atomic E-state index is 13.8. The highest BCUT2D eigenvalue weighted by molar-refractivity contribution is 7.99. The lowest BCUT2D eigenvalue weighted by molar-refractivity contribution is -0.113. The number of piperidine rings is 1. The maximum atomic E-state index is 13.8. The van der Waals surface area contributed by atoms with E-state index in [9.17, 15) is 18.4 Å². The first-order valence-electron chi connectivity index (χ1n) is 10.9. The van der Waals surface area contributed by atoms with Gasteiger partial charge in [0.1, 0.15) is 16.3 Å². The lowest BCUT2D eigenvalue weighted by Gasteiger charge is -2.29. The number of thioether (sulfide) groups is 1. The Morgan fingerprint density at radius 2 is 2.03 bits per heavy atom. The Bertz CT molecular complexity index is 1220. The van der Waals surface area contributed by atoms with Crippen molar-refractivity contribution in [2.45, 2.75) is 44.8 Å². The molecule has 1 aliphatic heterocycles. The topological polar surface area (TPSA) is 80.1 Å². The molecule has 0 saturated carbocycles. The van der Waals surface area contributed by atoms with Crippen LogP contribution in [0, 0.1) is 17.6 Å². The van der Waals surface area contributed by atoms with Crippen LogP contribution < -0.4 is 15.8 Å². The van der Waals surface area contributed by atoms with Crippen molar-refractivity contribution in [3.05, 3.63) is 40.2 Å². The number of hydrogen-bond acceptors (Lipinski definition) is 7. The quantitative estimate of drug-likeness (QED) is 0.385. The third kappa shape index (κ3) is 5.35. The molecule has 0 unspecified atom stereocenters. The molecule has 176 valence electrons. The number of benzene rings is 1. The number of anilines is 2. The summed E-state index contributed by atoms with van der Waals surface area (Å²) in [6.07, 6.45) is 2.91. The molecular formula is C22H25F2N5O2S2. The molecule has 0 bridgehead atoms. The summed E-state index contributed by atoms with van der Waals surface area (Å²) in [4.78, 5) is 36.9. The monoisotopic (exact) mass is 493 g/mol. The van der Waals surface area contributed by atoms with Gasteiger partial charge in [0.2, 0.25) is 5.91 Å². The molecule has 0 spiro atoms. The molecule has 1 aliphatic rings. The van der Waals surface area contributed by atoms with E-state index in [1.807, 2.05) is 6.92 Å². The van der Waals surface area contributed by atoms with E-state index in [-0.39, 0.29) is 17.0 Å². The Hall–Kier alpha value is -2.53. The van der Waals surface area contributed by atoms with E-state index in [0.29, 0.717) is 34.0 Å². The average molecular weight is 494 g/mol. The Labute approximate surface area is 198 Å². The van der Waals surface area contributed by atoms with Crippen molar-refractivity contribution in [1.82, 2.24) is 14.5 Å². The second-order valence-electron chi connectivity index (χ2n) is 8.13. The standard InChI is InChI=1S/C22H25F2N5O2S2/c1-3-8-29-20(31)18-19(26-21(33-18)28-9-6-13(2)7-10-28)27-22(29)32-12-17(30)25-16-5-4-14(23)11-15(16)24/h4-5,11,13H,3,6-10,12H2,1-2H3,(H,25,30). The molecule has 1 amide bonds. The smallest absolute Gasteiger partial charge is 0.273 e. The number of halogens is 2. The van der Waals surface area contributed by atoms with Gasteiger partial charge in [0, 0.05) is 25.7 Å². The third-order valence-corrected chi connectivity index (χ3v) is 7.58. The summed E-state index contributed by atoms with van der Waals surface area (Å²) in [6.45, 7) is 6.48. The molecule has 0 radical (unpaired) electrons. The molecule has 11 heteroatoms. The molecule has 3 aromatic rings. The van der Waals surface area contributed by atoms with E-state index in [0.717, 1.165) is 55.3 Å². The first-order chi connectivity index (χ1) is 15.9. The van der Waals surface area contributed by atoms with E-state index in [4.69, 9.17) is 0 Å². The summed E-state index contributed by atoms with van der Waals surface area (Å²) in [5.41, 5.74) is 0.123. The van der Waals surface area contributed by atoms with Gasteiger partial charge >= 0.3 is 0 Å². The van der Waals surface area contributed by atoms with Crippen molar-refractivity contribution in [3.8, 4) is 0 Å². The first kappa shape index (κ1) is 23.6. The molecule has 3 heterocycles. The zero-order valence-corrected chi connectivity index (χ0v) is 20.1. The van der Waals surface area contributed by atoms with Crippen molar-refractivity contribution in [3.63, 3.8) is 0 Å². The van der Waals surface area contributed by atoms with E-state index >= 15 is 0 Å². The zero-order chi connectivity index (χ0) is 23.5. The van der Waals surface area contributed by atoms with Crippen molar-refractivity contribution in [2.75, 3.05) is 29.1 Å². The summed E-state index contributed by atoms with van der Waals surface area (Å²) in [7, 11) is 0. The molecule has 4 rings (SSSR count). The Balaban J connectivity index is 1.55. The van der Waals surface area contributed by atoms with Crippen LogP contribution in [0.3, 0.4) is 0 Å². The van der Waals surface area contributed by atoms with Gasteiger partial charge in [-0.2, -0.15) is 4.98 Å². The predicted octanol–water partition coefficient (Wildman–Crippen LogP) is 4.51. The van der Waals surface area contributed by atoms with E-state index in [2.05, 4.69) is 27.1 Å². The van der Waals surface area contributed by atoms with Crippen LogP contribution in [0.5, 0.6) is 0 Å². The number of nitrogens with one attached hydrogen (secondary N) is 1. The van der Waals surface area contributed by atoms with Gasteiger partial charge in [-0.15, -0.1) is 0 Å². The number of aromatic nitrogens is 3. The van der Waals surface area contributed by atoms with Crippen molar-refractivity contribution in [1.29, 1.82) is 0 Å². The fourth-order valence-corrected chi connectivity index (χ4v) is 5.47. The van der Waals surface area contributed by atoms with Crippen LogP contribution in [0.25, 0.3) is 10.3 Å². The number of hydrogen-bond donors (Lipinski definition) is 1. The molecule has 2 aromatic heterocycles. The van der Waals surface area contributed by atoms with Gasteiger partial charge in [-0.05, 0) is 37.3 Å². The lowest BCUT2D eigenvalue weighted by Crippen LogP contribution is -2.32. The number of carbonyl (C=O) groups is 1. The molecule has 1 aromatic carbocycles. The van der Waals surface area contributed by atoms with Crippen LogP contribution in [0.4, 0.5) is 19.6 Å². The summed E-state index contributed by atoms with van der Waals surface area (Å²) in [6, 6.07) is 2.95. The zero-order valence-electron chi connectivity index (χ0n) is 18.4. The van der Waals surface area contributed by atoms with Gasteiger partial charge in [0.25, 0.3) is 5.56 Å². The Morgan fingerprint density at radius 1 is 1.27 bits per heavy atom. The first-order valence-corrected chi connectivity index (χ1v) is 12.7. The van der Waals surface area contributed by atoms with Gasteiger partial charge in [-0.25, -0.2) is 13.8 Å². The summed E-state index contributed by atoms with van der Waals surface area (Å²) in [5, 5.41) is 3.62. The fourth-order valence-electron chi connectivity index (χ4n) is 3.65. The summed E-state index contributed by atoms with van der Waals surface area (Å²) in [5.74, 6) is -1.45. The minimum Gasteiger partial charge on any atom is -0.348 e. The van der Waals surface area contributed by atoms with Crippen molar-refractivity contribution >= 4 is 50.2 Å². The lowest BCUT2D eigenvalue weighted by atomic mass is 10.00. The molecule has 1 saturated heterocycles. The highest BCUT2D eigenvalue weighted by Gasteiger charge is 2.22. The second kappa shape index (κ2) is 10.2. The normalized spacial score (nSPS) is 14.7. The van der Waals surface area contributed by atoms with Crippen LogP contribution in [0.1, 0.15) is 33.1 Å². The van der Waals surface area contributed by atoms with Crippen LogP contribution in [-0.2, 0) is 11.3 Å². The highest BCUT2D eigenvalue weighted by Crippen LogP contribution is 2.30. The van der Waals surface area contributed by atoms with E-state index in [1.165, 1.54) is 17.4 Å². The Kier molecular flexibility index (Phi) is 7.28. The van der Waals surface area contributed by atoms with Crippen molar-refractivity contribution in [2.24, 2.45) is 5.92 Å². The van der Waals surface area contributed by atoms with Gasteiger partial charge in [0.15, 0.2) is 15.9 Å². The number of fused-ring (bicyclic) bond motifs is 1. The van der Waals surface area contributed by atoms with E-state index < -0.39 is 17.5 Å². The number of amides is 1. The number of carbonyl (C=O) groups excluding carboxylic acids is 1. The predicted molar refractivity (Wildman–Crippen MR) is 128 cm³/mol. The largest absolute Gasteiger partial charge is 0.348 e. The third-order valence-electron chi connectivity index (χ3n) is 5.51. The molecule has 0 atom stereocenters. The molecule has 0 aliphatic carbocycles. The number of nitrogens with zero attached hydrogens (tertiary/aromatic N) is 4. The van der Waals surface area contributed by atoms with Crippen LogP contribution >= 0.6 is 23.1 Å². The minimum atomic E-state index is -0.849. The minimum absolute atomic E-state index is 0.0838. The van der Waals surface area contributed by atoms with E-state index in [1.54, 1.807) is 4.57 Å². The fraction of sp³-hybridized carbons (Fsp3) is 0.455. The summed E-state index contributed by atoms with van der Waals surface area (Å²) >= 11 is 2.46. The SMILES string of the molecule is CCCn1c(SCC(=O)Nc2ccc(F)cc2F)nc2nc(N3CCC(C)CC3)sc2c1=O. The highest BCUT2D eigenvalue weighted by atomic mass is 32.2. The van der Waals surface area contributed by atoms with Crippen LogP contribution in [0.2, 0.25) is 0 Å². The van der Waals surface area contributed by atoms with Crippen molar-refractivity contribution < 1.29 is 13.6 Å². The van der Waals surface area contributed by atoms with Crippen LogP contribution in [-0.4, -0.2) is 39.3 Å². The molecule has 1 N–H and O–H groups in total. The molecular weight excluding hydrogens is 468 g/mol. The number of rotatable bonds is 7. The second-order valence-corrected chi connectivity index (χ2v) is 10.1. The maximum Gasteiger partial charge on any atom is 0.273 e.